The lowest BCUT2D eigenvalue weighted by Gasteiger charge is -2.51. The van der Waals surface area contributed by atoms with Crippen LogP contribution in [0.3, 0.4) is 0 Å². The molecular formula is C14H22N4O4. The van der Waals surface area contributed by atoms with E-state index in [1.807, 2.05) is 0 Å². The smallest absolute Gasteiger partial charge is 0.271 e. The normalized spacial score (nSPS) is 31.4. The van der Waals surface area contributed by atoms with Crippen molar-refractivity contribution in [3.8, 4) is 0 Å². The molecule has 0 unspecified atom stereocenters. The van der Waals surface area contributed by atoms with Gasteiger partial charge in [0.2, 0.25) is 0 Å². The molecule has 0 aromatic carbocycles. The van der Waals surface area contributed by atoms with Crippen LogP contribution in [0.25, 0.3) is 0 Å². The van der Waals surface area contributed by atoms with Crippen LogP contribution in [-0.4, -0.2) is 68.2 Å². The number of anilines is 1. The first-order valence-corrected chi connectivity index (χ1v) is 7.49. The number of aromatic nitrogens is 2. The Morgan fingerprint density at radius 2 is 2.18 bits per heavy atom. The number of aliphatic hydroxyl groups is 2. The SMILES string of the molecule is C[C@@]1(O)CCOC2(CCN(C(=O)c3cc(N)n[nH]3)CC2)[C@H]1O. The number of piperidine rings is 1. The Hall–Kier alpha value is -1.64. The maximum atomic E-state index is 12.3. The Morgan fingerprint density at radius 1 is 1.50 bits per heavy atom. The van der Waals surface area contributed by atoms with E-state index in [9.17, 15) is 15.0 Å². The van der Waals surface area contributed by atoms with Gasteiger partial charge in [-0.3, -0.25) is 9.89 Å². The van der Waals surface area contributed by atoms with Crippen molar-refractivity contribution < 1.29 is 19.7 Å². The van der Waals surface area contributed by atoms with Gasteiger partial charge in [0, 0.05) is 25.6 Å². The van der Waals surface area contributed by atoms with Crippen molar-refractivity contribution in [2.75, 3.05) is 25.4 Å². The second kappa shape index (κ2) is 5.22. The third-order valence-corrected chi connectivity index (χ3v) is 4.81. The first kappa shape index (κ1) is 15.3. The van der Waals surface area contributed by atoms with Crippen molar-refractivity contribution in [2.24, 2.45) is 0 Å². The fourth-order valence-electron chi connectivity index (χ4n) is 3.37. The monoisotopic (exact) mass is 310 g/mol. The van der Waals surface area contributed by atoms with Crippen LogP contribution in [0.2, 0.25) is 0 Å². The number of carbonyl (C=O) groups excluding carboxylic acids is 1. The van der Waals surface area contributed by atoms with Crippen LogP contribution >= 0.6 is 0 Å². The van der Waals surface area contributed by atoms with Gasteiger partial charge >= 0.3 is 0 Å². The van der Waals surface area contributed by atoms with Gasteiger partial charge in [-0.2, -0.15) is 5.10 Å². The molecule has 3 rings (SSSR count). The van der Waals surface area contributed by atoms with Gasteiger partial charge in [0.25, 0.3) is 5.91 Å². The van der Waals surface area contributed by atoms with E-state index in [0.717, 1.165) is 0 Å². The summed E-state index contributed by atoms with van der Waals surface area (Å²) >= 11 is 0. The first-order chi connectivity index (χ1) is 10.3. The molecule has 8 heteroatoms. The van der Waals surface area contributed by atoms with Crippen LogP contribution in [0.1, 0.15) is 36.7 Å². The van der Waals surface area contributed by atoms with E-state index in [4.69, 9.17) is 10.5 Å². The molecule has 22 heavy (non-hydrogen) atoms. The Bertz CT molecular complexity index is 563. The van der Waals surface area contributed by atoms with E-state index in [0.29, 0.717) is 44.7 Å². The van der Waals surface area contributed by atoms with E-state index in [-0.39, 0.29) is 11.7 Å². The number of nitrogens with two attached hydrogens (primary N) is 1. The number of aliphatic hydroxyl groups excluding tert-OH is 1. The van der Waals surface area contributed by atoms with Crippen molar-refractivity contribution in [3.63, 3.8) is 0 Å². The van der Waals surface area contributed by atoms with E-state index >= 15 is 0 Å². The summed E-state index contributed by atoms with van der Waals surface area (Å²) in [6.45, 7) is 2.94. The molecule has 0 aliphatic carbocycles. The minimum Gasteiger partial charge on any atom is -0.387 e. The number of carbonyl (C=O) groups is 1. The number of amides is 1. The summed E-state index contributed by atoms with van der Waals surface area (Å²) in [5, 5.41) is 27.1. The molecule has 2 aliphatic rings. The summed E-state index contributed by atoms with van der Waals surface area (Å²) in [5.74, 6) is 0.107. The molecule has 0 bridgehead atoms. The number of rotatable bonds is 1. The molecular weight excluding hydrogens is 288 g/mol. The predicted molar refractivity (Wildman–Crippen MR) is 78.1 cm³/mol. The minimum absolute atomic E-state index is 0.170. The number of nitrogens with one attached hydrogen (secondary N) is 1. The number of H-pyrrole nitrogens is 1. The van der Waals surface area contributed by atoms with E-state index in [1.165, 1.54) is 6.07 Å². The highest BCUT2D eigenvalue weighted by molar-refractivity contribution is 5.93. The number of nitrogen functional groups attached to an aromatic ring is 1. The molecule has 3 heterocycles. The molecule has 1 amide bonds. The molecule has 2 aliphatic heterocycles. The van der Waals surface area contributed by atoms with Crippen molar-refractivity contribution in [3.05, 3.63) is 11.8 Å². The zero-order valence-electron chi connectivity index (χ0n) is 12.6. The maximum absolute atomic E-state index is 12.3. The number of aromatic amines is 1. The molecule has 0 saturated carbocycles. The molecule has 2 saturated heterocycles. The van der Waals surface area contributed by atoms with E-state index in [1.54, 1.807) is 11.8 Å². The molecule has 8 nitrogen and oxygen atoms in total. The lowest BCUT2D eigenvalue weighted by Crippen LogP contribution is -2.64. The standard InChI is InChI=1S/C14H22N4O4/c1-13(21)4-7-22-14(12(13)20)2-5-18(6-3-14)11(19)9-8-10(15)17-16-9/h8,12,20-21H,2-7H2,1H3,(H3,15,16,17)/t12-,13+/m0/s1. The average molecular weight is 310 g/mol. The number of nitrogens with zero attached hydrogens (tertiary/aromatic N) is 2. The fraction of sp³-hybridized carbons (Fsp3) is 0.714. The second-order valence-electron chi connectivity index (χ2n) is 6.42. The maximum Gasteiger partial charge on any atom is 0.271 e. The number of ether oxygens (including phenoxy) is 1. The molecule has 1 aromatic heterocycles. The Labute approximate surface area is 128 Å². The fourth-order valence-corrected chi connectivity index (χ4v) is 3.37. The first-order valence-electron chi connectivity index (χ1n) is 7.49. The number of likely N-dealkylation sites (tertiary alicyclic amines) is 1. The van der Waals surface area contributed by atoms with Crippen LogP contribution in [0.4, 0.5) is 5.82 Å². The number of hydrogen-bond acceptors (Lipinski definition) is 6. The molecule has 0 radical (unpaired) electrons. The summed E-state index contributed by atoms with van der Waals surface area (Å²) in [5.41, 5.74) is 3.94. The molecule has 2 fully saturated rings. The van der Waals surface area contributed by atoms with Crippen LogP contribution in [-0.2, 0) is 4.74 Å². The highest BCUT2D eigenvalue weighted by Crippen LogP contribution is 2.39. The van der Waals surface area contributed by atoms with Crippen molar-refractivity contribution >= 4 is 11.7 Å². The zero-order chi connectivity index (χ0) is 16.0. The van der Waals surface area contributed by atoms with Crippen molar-refractivity contribution in [1.29, 1.82) is 0 Å². The zero-order valence-corrected chi connectivity index (χ0v) is 12.6. The van der Waals surface area contributed by atoms with Gasteiger partial charge in [-0.1, -0.05) is 0 Å². The topological polar surface area (TPSA) is 125 Å². The molecule has 2 atom stereocenters. The highest BCUT2D eigenvalue weighted by Gasteiger charge is 2.52. The summed E-state index contributed by atoms with van der Waals surface area (Å²) in [6.07, 6.45) is 0.430. The quantitative estimate of drug-likeness (QED) is 0.554. The summed E-state index contributed by atoms with van der Waals surface area (Å²) < 4.78 is 5.80. The van der Waals surface area contributed by atoms with Gasteiger partial charge in [-0.05, 0) is 19.8 Å². The summed E-state index contributed by atoms with van der Waals surface area (Å²) in [4.78, 5) is 14.0. The van der Waals surface area contributed by atoms with Gasteiger partial charge < -0.3 is 25.6 Å². The van der Waals surface area contributed by atoms with Gasteiger partial charge in [-0.15, -0.1) is 0 Å². The molecule has 1 spiro atoms. The molecule has 1 aromatic rings. The van der Waals surface area contributed by atoms with Crippen molar-refractivity contribution in [1.82, 2.24) is 15.1 Å². The van der Waals surface area contributed by atoms with Gasteiger partial charge in [0.1, 0.15) is 23.2 Å². The Morgan fingerprint density at radius 3 is 2.77 bits per heavy atom. The average Bonchev–Trinajstić information content (AvgIpc) is 2.91. The largest absolute Gasteiger partial charge is 0.387 e. The number of hydrogen-bond donors (Lipinski definition) is 4. The van der Waals surface area contributed by atoms with Crippen LogP contribution in [0.15, 0.2) is 6.07 Å². The van der Waals surface area contributed by atoms with Crippen LogP contribution < -0.4 is 5.73 Å². The lowest BCUT2D eigenvalue weighted by molar-refractivity contribution is -0.244. The molecule has 122 valence electrons. The predicted octanol–water partition coefficient (Wildman–Crippen LogP) is -0.501. The van der Waals surface area contributed by atoms with Gasteiger partial charge in [0.15, 0.2) is 0 Å². The van der Waals surface area contributed by atoms with Gasteiger partial charge in [-0.25, -0.2) is 0 Å². The van der Waals surface area contributed by atoms with Crippen LogP contribution in [0, 0.1) is 0 Å². The summed E-state index contributed by atoms with van der Waals surface area (Å²) in [7, 11) is 0. The van der Waals surface area contributed by atoms with E-state index in [2.05, 4.69) is 10.2 Å². The third-order valence-electron chi connectivity index (χ3n) is 4.81. The highest BCUT2D eigenvalue weighted by atomic mass is 16.5. The minimum atomic E-state index is -1.15. The lowest BCUT2D eigenvalue weighted by atomic mass is 9.75. The Kier molecular flexibility index (Phi) is 3.62. The Balaban J connectivity index is 1.68. The van der Waals surface area contributed by atoms with Crippen LogP contribution in [0.5, 0.6) is 0 Å². The summed E-state index contributed by atoms with van der Waals surface area (Å²) in [6, 6.07) is 1.50. The second-order valence-corrected chi connectivity index (χ2v) is 6.42. The van der Waals surface area contributed by atoms with Gasteiger partial charge in [0.05, 0.1) is 12.2 Å². The molecule has 5 N–H and O–H groups in total. The third kappa shape index (κ3) is 2.47. The van der Waals surface area contributed by atoms with Crippen molar-refractivity contribution in [2.45, 2.75) is 43.5 Å². The van der Waals surface area contributed by atoms with E-state index < -0.39 is 17.3 Å².